The Morgan fingerprint density at radius 3 is 2.36 bits per heavy atom. The predicted molar refractivity (Wildman–Crippen MR) is 141 cm³/mol. The number of benzene rings is 1. The number of hydrogen-bond donors (Lipinski definition) is 1. The maximum atomic E-state index is 13.6. The van der Waals surface area contributed by atoms with E-state index < -0.39 is 12.1 Å². The number of ketones is 1. The number of carbonyl (C=O) groups excluding carboxylic acids is 4. The largest absolute Gasteiger partial charge is 0.378 e. The molecule has 2 unspecified atom stereocenters. The molecule has 36 heavy (non-hydrogen) atoms. The molecule has 0 radical (unpaired) electrons. The Labute approximate surface area is 215 Å². The van der Waals surface area contributed by atoms with Gasteiger partial charge < -0.3 is 20.0 Å². The van der Waals surface area contributed by atoms with Crippen molar-refractivity contribution in [1.29, 1.82) is 0 Å². The lowest BCUT2D eigenvalue weighted by Gasteiger charge is -2.29. The number of nitrogens with one attached hydrogen (secondary N) is 1. The van der Waals surface area contributed by atoms with Crippen molar-refractivity contribution in [3.05, 3.63) is 29.8 Å². The fourth-order valence-electron chi connectivity index (χ4n) is 5.28. The summed E-state index contributed by atoms with van der Waals surface area (Å²) in [6.07, 6.45) is 5.56. The number of Topliss-reactive ketones (excluding diaryl/α,β-unsaturated/α-hetero) is 1. The van der Waals surface area contributed by atoms with Crippen LogP contribution in [0.5, 0.6) is 0 Å². The molecule has 3 amide bonds. The standard InChI is InChI=1S/C28H42N4O4/c1-6-7-8-9-10-25(34)32-18-24(33)26-23(32)15-16-31(26)28(36)22(17-19(2)3)29-27(35)20-11-13-21(14-12-20)30(4)5/h11-14,19,22-23,26H,6-10,15-18H2,1-5H3,(H,29,35)/t22-,23?,26?/m0/s1. The highest BCUT2D eigenvalue weighted by Gasteiger charge is 2.52. The average molecular weight is 499 g/mol. The lowest BCUT2D eigenvalue weighted by molar-refractivity contribution is -0.138. The first kappa shape index (κ1) is 27.7. The Morgan fingerprint density at radius 2 is 1.75 bits per heavy atom. The smallest absolute Gasteiger partial charge is 0.251 e. The van der Waals surface area contributed by atoms with Crippen LogP contribution in [-0.4, -0.2) is 78.6 Å². The Bertz CT molecular complexity index is 943. The molecule has 2 fully saturated rings. The van der Waals surface area contributed by atoms with E-state index in [2.05, 4.69) is 12.2 Å². The van der Waals surface area contributed by atoms with Crippen molar-refractivity contribution in [3.8, 4) is 0 Å². The molecule has 8 nitrogen and oxygen atoms in total. The third kappa shape index (κ3) is 6.45. The van der Waals surface area contributed by atoms with Gasteiger partial charge >= 0.3 is 0 Å². The quantitative estimate of drug-likeness (QED) is 0.473. The van der Waals surface area contributed by atoms with Crippen LogP contribution in [0.3, 0.4) is 0 Å². The van der Waals surface area contributed by atoms with Gasteiger partial charge in [-0.05, 0) is 49.4 Å². The fraction of sp³-hybridized carbons (Fsp3) is 0.643. The summed E-state index contributed by atoms with van der Waals surface area (Å²) in [4.78, 5) is 57.7. The van der Waals surface area contributed by atoms with Crippen molar-refractivity contribution in [1.82, 2.24) is 15.1 Å². The normalized spacial score (nSPS) is 20.0. The van der Waals surface area contributed by atoms with Crippen LogP contribution in [0.25, 0.3) is 0 Å². The number of anilines is 1. The zero-order valence-corrected chi connectivity index (χ0v) is 22.5. The molecule has 0 saturated carbocycles. The van der Waals surface area contributed by atoms with E-state index >= 15 is 0 Å². The first-order valence-corrected chi connectivity index (χ1v) is 13.3. The van der Waals surface area contributed by atoms with Gasteiger partial charge in [0, 0.05) is 38.3 Å². The van der Waals surface area contributed by atoms with Crippen LogP contribution in [0, 0.1) is 5.92 Å². The van der Waals surface area contributed by atoms with Gasteiger partial charge in [-0.3, -0.25) is 19.2 Å². The van der Waals surface area contributed by atoms with Crippen molar-refractivity contribution in [2.75, 3.05) is 32.1 Å². The van der Waals surface area contributed by atoms with Crippen molar-refractivity contribution >= 4 is 29.2 Å². The molecule has 8 heteroatoms. The average Bonchev–Trinajstić information content (AvgIpc) is 3.42. The second kappa shape index (κ2) is 12.4. The molecule has 2 aliphatic rings. The molecule has 198 valence electrons. The number of rotatable bonds is 11. The molecular weight excluding hydrogens is 456 g/mol. The van der Waals surface area contributed by atoms with Gasteiger partial charge in [0.1, 0.15) is 12.1 Å². The Hall–Kier alpha value is -2.90. The third-order valence-corrected chi connectivity index (χ3v) is 7.23. The van der Waals surface area contributed by atoms with Crippen molar-refractivity contribution < 1.29 is 19.2 Å². The monoisotopic (exact) mass is 498 g/mol. The second-order valence-corrected chi connectivity index (χ2v) is 10.7. The number of nitrogens with zero attached hydrogens (tertiary/aromatic N) is 3. The van der Waals surface area contributed by atoms with Crippen LogP contribution in [0.15, 0.2) is 24.3 Å². The topological polar surface area (TPSA) is 90.0 Å². The summed E-state index contributed by atoms with van der Waals surface area (Å²) in [6, 6.07) is 5.64. The number of amides is 3. The molecular formula is C28H42N4O4. The van der Waals surface area contributed by atoms with E-state index in [4.69, 9.17) is 0 Å². The summed E-state index contributed by atoms with van der Waals surface area (Å²) < 4.78 is 0. The number of unbranched alkanes of at least 4 members (excludes halogenated alkanes) is 3. The van der Waals surface area contributed by atoms with Gasteiger partial charge in [-0.15, -0.1) is 0 Å². The van der Waals surface area contributed by atoms with Gasteiger partial charge in [0.25, 0.3) is 5.91 Å². The minimum Gasteiger partial charge on any atom is -0.378 e. The maximum Gasteiger partial charge on any atom is 0.251 e. The molecule has 2 aliphatic heterocycles. The number of hydrogen-bond acceptors (Lipinski definition) is 5. The van der Waals surface area contributed by atoms with Gasteiger partial charge in [-0.2, -0.15) is 0 Å². The Morgan fingerprint density at radius 1 is 1.06 bits per heavy atom. The van der Waals surface area contributed by atoms with Crippen LogP contribution >= 0.6 is 0 Å². The predicted octanol–water partition coefficient (Wildman–Crippen LogP) is 3.25. The minimum atomic E-state index is -0.726. The summed E-state index contributed by atoms with van der Waals surface area (Å²) >= 11 is 0. The molecule has 0 aromatic heterocycles. The van der Waals surface area contributed by atoms with E-state index in [1.54, 1.807) is 21.9 Å². The summed E-state index contributed by atoms with van der Waals surface area (Å²) in [5.74, 6) is -0.443. The van der Waals surface area contributed by atoms with E-state index in [-0.39, 0.29) is 42.0 Å². The van der Waals surface area contributed by atoms with Gasteiger partial charge in [0.2, 0.25) is 11.8 Å². The van der Waals surface area contributed by atoms with Crippen LogP contribution in [0.2, 0.25) is 0 Å². The van der Waals surface area contributed by atoms with Gasteiger partial charge in [-0.25, -0.2) is 0 Å². The Balaban J connectivity index is 1.69. The molecule has 2 saturated heterocycles. The fourth-order valence-corrected chi connectivity index (χ4v) is 5.28. The lowest BCUT2D eigenvalue weighted by atomic mass is 10.0. The summed E-state index contributed by atoms with van der Waals surface area (Å²) in [6.45, 7) is 6.63. The molecule has 0 aliphatic carbocycles. The number of fused-ring (bicyclic) bond motifs is 1. The number of likely N-dealkylation sites (tertiary alicyclic amines) is 2. The van der Waals surface area contributed by atoms with Crippen LogP contribution < -0.4 is 10.2 Å². The highest BCUT2D eigenvalue weighted by molar-refractivity contribution is 6.01. The minimum absolute atomic E-state index is 0.00876. The summed E-state index contributed by atoms with van der Waals surface area (Å²) in [5, 5.41) is 2.92. The van der Waals surface area contributed by atoms with Crippen LogP contribution in [-0.2, 0) is 14.4 Å². The van der Waals surface area contributed by atoms with Crippen molar-refractivity contribution in [2.45, 2.75) is 83.8 Å². The van der Waals surface area contributed by atoms with E-state index in [9.17, 15) is 19.2 Å². The molecule has 0 spiro atoms. The zero-order chi connectivity index (χ0) is 26.4. The highest BCUT2D eigenvalue weighted by atomic mass is 16.2. The van der Waals surface area contributed by atoms with Gasteiger partial charge in [-0.1, -0.05) is 40.0 Å². The van der Waals surface area contributed by atoms with E-state index in [0.717, 1.165) is 31.4 Å². The van der Waals surface area contributed by atoms with Crippen LogP contribution in [0.1, 0.15) is 76.1 Å². The molecule has 1 aromatic carbocycles. The van der Waals surface area contributed by atoms with E-state index in [0.29, 0.717) is 31.4 Å². The van der Waals surface area contributed by atoms with Gasteiger partial charge in [0.05, 0.1) is 12.6 Å². The number of carbonyl (C=O) groups is 4. The molecule has 2 heterocycles. The molecule has 1 aromatic rings. The Kier molecular flexibility index (Phi) is 9.51. The first-order valence-electron chi connectivity index (χ1n) is 13.3. The molecule has 3 atom stereocenters. The first-order chi connectivity index (χ1) is 17.1. The molecule has 3 rings (SSSR count). The maximum absolute atomic E-state index is 13.6. The lowest BCUT2D eigenvalue weighted by Crippen LogP contribution is -2.53. The zero-order valence-electron chi connectivity index (χ0n) is 22.5. The summed E-state index contributed by atoms with van der Waals surface area (Å²) in [7, 11) is 3.86. The second-order valence-electron chi connectivity index (χ2n) is 10.7. The molecule has 0 bridgehead atoms. The SMILES string of the molecule is CCCCCCC(=O)N1CC(=O)C2C1CCN2C(=O)[C@H](CC(C)C)NC(=O)c1ccc(N(C)C)cc1. The molecule has 1 N–H and O–H groups in total. The van der Waals surface area contributed by atoms with Crippen molar-refractivity contribution in [3.63, 3.8) is 0 Å². The van der Waals surface area contributed by atoms with Gasteiger partial charge in [0.15, 0.2) is 5.78 Å². The van der Waals surface area contributed by atoms with Crippen LogP contribution in [0.4, 0.5) is 5.69 Å². The third-order valence-electron chi connectivity index (χ3n) is 7.23. The summed E-state index contributed by atoms with van der Waals surface area (Å²) in [5.41, 5.74) is 1.46. The van der Waals surface area contributed by atoms with E-state index in [1.807, 2.05) is 45.0 Å². The van der Waals surface area contributed by atoms with Crippen molar-refractivity contribution in [2.24, 2.45) is 5.92 Å². The van der Waals surface area contributed by atoms with E-state index in [1.165, 1.54) is 0 Å². The highest BCUT2D eigenvalue weighted by Crippen LogP contribution is 2.31.